The predicted molar refractivity (Wildman–Crippen MR) is 60.0 cm³/mol. The Balaban J connectivity index is 2.52. The Hall–Kier alpha value is -0.890. The molecule has 1 rings (SSSR count). The van der Waals surface area contributed by atoms with Crippen molar-refractivity contribution in [1.82, 2.24) is 4.98 Å². The molecule has 14 heavy (non-hydrogen) atoms. The molecule has 0 fully saturated rings. The third-order valence-electron chi connectivity index (χ3n) is 2.88. The van der Waals surface area contributed by atoms with Crippen molar-refractivity contribution in [3.63, 3.8) is 0 Å². The Morgan fingerprint density at radius 2 is 1.79 bits per heavy atom. The van der Waals surface area contributed by atoms with Crippen LogP contribution in [0.25, 0.3) is 0 Å². The van der Waals surface area contributed by atoms with Crippen molar-refractivity contribution in [1.29, 1.82) is 0 Å². The minimum atomic E-state index is 0.285. The normalized spacial score (nSPS) is 13.1. The summed E-state index contributed by atoms with van der Waals surface area (Å²) in [5.74, 6) is 0.642. The van der Waals surface area contributed by atoms with E-state index in [0.717, 1.165) is 6.42 Å². The maximum Gasteiger partial charge on any atom is 0.0270 e. The highest BCUT2D eigenvalue weighted by molar-refractivity contribution is 5.11. The van der Waals surface area contributed by atoms with Crippen LogP contribution in [-0.2, 0) is 6.42 Å². The molecule has 0 saturated heterocycles. The molecule has 78 valence electrons. The first-order chi connectivity index (χ1) is 6.77. The van der Waals surface area contributed by atoms with Crippen LogP contribution in [0.5, 0.6) is 0 Å². The van der Waals surface area contributed by atoms with Gasteiger partial charge in [0.1, 0.15) is 0 Å². The molecule has 0 amide bonds. The second-order valence-electron chi connectivity index (χ2n) is 3.80. The van der Waals surface area contributed by atoms with Crippen molar-refractivity contribution in [2.45, 2.75) is 39.2 Å². The molecule has 0 bridgehead atoms. The Kier molecular flexibility index (Phi) is 4.60. The molecule has 0 radical (unpaired) electrons. The van der Waals surface area contributed by atoms with Crippen LogP contribution in [-0.4, -0.2) is 11.0 Å². The van der Waals surface area contributed by atoms with E-state index in [-0.39, 0.29) is 6.04 Å². The minimum Gasteiger partial charge on any atom is -0.327 e. The SMILES string of the molecule is CCC(CC)C(N)Cc1ccncc1. The molecule has 0 aromatic carbocycles. The van der Waals surface area contributed by atoms with Gasteiger partial charge in [0.25, 0.3) is 0 Å². The maximum atomic E-state index is 6.15. The van der Waals surface area contributed by atoms with Crippen molar-refractivity contribution in [2.24, 2.45) is 11.7 Å². The summed E-state index contributed by atoms with van der Waals surface area (Å²) in [5.41, 5.74) is 7.44. The van der Waals surface area contributed by atoms with E-state index in [2.05, 4.69) is 18.8 Å². The molecule has 1 aromatic heterocycles. The van der Waals surface area contributed by atoms with Crippen molar-refractivity contribution in [3.8, 4) is 0 Å². The standard InChI is InChI=1S/C12H20N2/c1-3-11(4-2)12(13)9-10-5-7-14-8-6-10/h5-8,11-12H,3-4,9,13H2,1-2H3. The molecule has 0 aliphatic rings. The Bertz CT molecular complexity index is 242. The fourth-order valence-electron chi connectivity index (χ4n) is 1.85. The molecular formula is C12H20N2. The first-order valence-corrected chi connectivity index (χ1v) is 5.42. The molecule has 0 saturated carbocycles. The van der Waals surface area contributed by atoms with Crippen LogP contribution in [0.2, 0.25) is 0 Å². The summed E-state index contributed by atoms with van der Waals surface area (Å²) in [6, 6.07) is 4.37. The Morgan fingerprint density at radius 1 is 1.21 bits per heavy atom. The van der Waals surface area contributed by atoms with Gasteiger partial charge in [0.15, 0.2) is 0 Å². The largest absolute Gasteiger partial charge is 0.327 e. The molecule has 2 N–H and O–H groups in total. The van der Waals surface area contributed by atoms with Gasteiger partial charge in [-0.3, -0.25) is 4.98 Å². The third-order valence-corrected chi connectivity index (χ3v) is 2.88. The summed E-state index contributed by atoms with van der Waals surface area (Å²) in [6.45, 7) is 4.42. The topological polar surface area (TPSA) is 38.9 Å². The number of nitrogens with two attached hydrogens (primary N) is 1. The molecule has 0 aliphatic carbocycles. The van der Waals surface area contributed by atoms with Crippen molar-refractivity contribution >= 4 is 0 Å². The highest BCUT2D eigenvalue weighted by Crippen LogP contribution is 2.14. The number of pyridine rings is 1. The summed E-state index contributed by atoms with van der Waals surface area (Å²) in [5, 5.41) is 0. The van der Waals surface area contributed by atoms with Gasteiger partial charge in [-0.15, -0.1) is 0 Å². The van der Waals surface area contributed by atoms with Crippen LogP contribution in [0.1, 0.15) is 32.3 Å². The molecule has 2 heteroatoms. The van der Waals surface area contributed by atoms with Crippen LogP contribution in [0, 0.1) is 5.92 Å². The predicted octanol–water partition coefficient (Wildman–Crippen LogP) is 2.39. The van der Waals surface area contributed by atoms with Gasteiger partial charge in [-0.25, -0.2) is 0 Å². The highest BCUT2D eigenvalue weighted by Gasteiger charge is 2.13. The van der Waals surface area contributed by atoms with E-state index in [4.69, 9.17) is 5.73 Å². The van der Waals surface area contributed by atoms with E-state index in [1.807, 2.05) is 24.5 Å². The van der Waals surface area contributed by atoms with E-state index in [1.165, 1.54) is 18.4 Å². The monoisotopic (exact) mass is 192 g/mol. The number of aromatic nitrogens is 1. The average molecular weight is 192 g/mol. The van der Waals surface area contributed by atoms with E-state index in [1.54, 1.807) is 0 Å². The summed E-state index contributed by atoms with van der Waals surface area (Å²) in [6.07, 6.45) is 6.96. The Morgan fingerprint density at radius 3 is 2.29 bits per heavy atom. The number of rotatable bonds is 5. The molecular weight excluding hydrogens is 172 g/mol. The summed E-state index contributed by atoms with van der Waals surface area (Å²) in [7, 11) is 0. The second-order valence-corrected chi connectivity index (χ2v) is 3.80. The zero-order valence-corrected chi connectivity index (χ0v) is 9.11. The highest BCUT2D eigenvalue weighted by atomic mass is 14.6. The van der Waals surface area contributed by atoms with Gasteiger partial charge in [-0.2, -0.15) is 0 Å². The number of hydrogen-bond donors (Lipinski definition) is 1. The molecule has 1 unspecified atom stereocenters. The van der Waals surface area contributed by atoms with Crippen LogP contribution in [0.4, 0.5) is 0 Å². The summed E-state index contributed by atoms with van der Waals surface area (Å²) < 4.78 is 0. The van der Waals surface area contributed by atoms with Gasteiger partial charge in [0.05, 0.1) is 0 Å². The van der Waals surface area contributed by atoms with Crippen molar-refractivity contribution in [3.05, 3.63) is 30.1 Å². The number of nitrogens with zero attached hydrogens (tertiary/aromatic N) is 1. The lowest BCUT2D eigenvalue weighted by Gasteiger charge is -2.20. The second kappa shape index (κ2) is 5.76. The molecule has 1 aromatic rings. The van der Waals surface area contributed by atoms with Crippen LogP contribution in [0.15, 0.2) is 24.5 Å². The van der Waals surface area contributed by atoms with Gasteiger partial charge < -0.3 is 5.73 Å². The van der Waals surface area contributed by atoms with Gasteiger partial charge in [0, 0.05) is 18.4 Å². The zero-order valence-electron chi connectivity index (χ0n) is 9.11. The van der Waals surface area contributed by atoms with Gasteiger partial charge in [-0.1, -0.05) is 26.7 Å². The number of hydrogen-bond acceptors (Lipinski definition) is 2. The lowest BCUT2D eigenvalue weighted by Crippen LogP contribution is -2.31. The van der Waals surface area contributed by atoms with Gasteiger partial charge >= 0.3 is 0 Å². The Labute approximate surface area is 86.5 Å². The van der Waals surface area contributed by atoms with E-state index in [0.29, 0.717) is 5.92 Å². The van der Waals surface area contributed by atoms with Crippen LogP contribution >= 0.6 is 0 Å². The first kappa shape index (κ1) is 11.2. The van der Waals surface area contributed by atoms with Crippen molar-refractivity contribution < 1.29 is 0 Å². The zero-order chi connectivity index (χ0) is 10.4. The third kappa shape index (κ3) is 3.11. The van der Waals surface area contributed by atoms with E-state index < -0.39 is 0 Å². The fourth-order valence-corrected chi connectivity index (χ4v) is 1.85. The van der Waals surface area contributed by atoms with Crippen molar-refractivity contribution in [2.75, 3.05) is 0 Å². The van der Waals surface area contributed by atoms with Crippen LogP contribution in [0.3, 0.4) is 0 Å². The smallest absolute Gasteiger partial charge is 0.0270 e. The molecule has 0 spiro atoms. The van der Waals surface area contributed by atoms with Crippen LogP contribution < -0.4 is 5.73 Å². The molecule has 1 atom stereocenters. The fraction of sp³-hybridized carbons (Fsp3) is 0.583. The lowest BCUT2D eigenvalue weighted by molar-refractivity contribution is 0.393. The first-order valence-electron chi connectivity index (χ1n) is 5.42. The lowest BCUT2D eigenvalue weighted by atomic mass is 9.90. The van der Waals surface area contributed by atoms with E-state index in [9.17, 15) is 0 Å². The molecule has 1 heterocycles. The summed E-state index contributed by atoms with van der Waals surface area (Å²) in [4.78, 5) is 4.00. The minimum absolute atomic E-state index is 0.285. The summed E-state index contributed by atoms with van der Waals surface area (Å²) >= 11 is 0. The average Bonchev–Trinajstić information content (AvgIpc) is 2.21. The maximum absolute atomic E-state index is 6.15. The molecule has 0 aliphatic heterocycles. The van der Waals surface area contributed by atoms with Gasteiger partial charge in [0.2, 0.25) is 0 Å². The van der Waals surface area contributed by atoms with E-state index >= 15 is 0 Å². The van der Waals surface area contributed by atoms with Gasteiger partial charge in [-0.05, 0) is 30.0 Å². The quantitative estimate of drug-likeness (QED) is 0.778. The molecule has 2 nitrogen and oxygen atoms in total.